The molecule has 0 bridgehead atoms. The Labute approximate surface area is 150 Å². The molecule has 1 heterocycles. The summed E-state index contributed by atoms with van der Waals surface area (Å²) < 4.78 is 84.2. The molecule has 0 aromatic heterocycles. The van der Waals surface area contributed by atoms with Gasteiger partial charge < -0.3 is 4.74 Å². The molecule has 1 aliphatic rings. The maximum Gasteiger partial charge on any atom is 0.434 e. The van der Waals surface area contributed by atoms with Crippen molar-refractivity contribution in [2.45, 2.75) is 37.3 Å². The average Bonchev–Trinajstić information content (AvgIpc) is 2.95. The molecule has 1 aromatic carbocycles. The summed E-state index contributed by atoms with van der Waals surface area (Å²) in [6.45, 7) is 0.191. The number of fused-ring (bicyclic) bond motifs is 1. The highest BCUT2D eigenvalue weighted by Gasteiger charge is 2.72. The molecular formula is C16H17F6N3O2. The van der Waals surface area contributed by atoms with Crippen LogP contribution in [0, 0.1) is 0 Å². The van der Waals surface area contributed by atoms with Crippen LogP contribution in [0.15, 0.2) is 29.3 Å². The number of ether oxygens (including phenoxy) is 1. The molecule has 0 radical (unpaired) electrons. The van der Waals surface area contributed by atoms with Gasteiger partial charge in [0.2, 0.25) is 0 Å². The number of alkyl carbamates (subject to hydrolysis) is 1. The number of nitrogens with zero attached hydrogens (tertiary/aromatic N) is 1. The number of rotatable bonds is 6. The molecule has 150 valence electrons. The quantitative estimate of drug-likeness (QED) is 0.563. The van der Waals surface area contributed by atoms with Gasteiger partial charge in [0.25, 0.3) is 5.66 Å². The summed E-state index contributed by atoms with van der Waals surface area (Å²) in [5, 5.41) is 2.34. The maximum atomic E-state index is 13.3. The van der Waals surface area contributed by atoms with Gasteiger partial charge >= 0.3 is 18.4 Å². The summed E-state index contributed by atoms with van der Waals surface area (Å²) >= 11 is 0. The second-order valence-electron chi connectivity index (χ2n) is 5.75. The minimum absolute atomic E-state index is 0.0844. The van der Waals surface area contributed by atoms with Crippen molar-refractivity contribution in [3.63, 3.8) is 0 Å². The molecule has 0 saturated heterocycles. The number of aliphatic imine (C=N–C) groups is 1. The number of alkyl halides is 6. The highest BCUT2D eigenvalue weighted by atomic mass is 19.4. The van der Waals surface area contributed by atoms with Crippen molar-refractivity contribution in [2.75, 3.05) is 13.2 Å². The Hall–Kier alpha value is -2.30. The second-order valence-corrected chi connectivity index (χ2v) is 5.75. The Bertz CT molecular complexity index is 688. The van der Waals surface area contributed by atoms with Crippen LogP contribution in [0.1, 0.15) is 24.8 Å². The van der Waals surface area contributed by atoms with E-state index in [1.165, 1.54) is 18.5 Å². The van der Waals surface area contributed by atoms with Crippen LogP contribution in [0.25, 0.3) is 0 Å². The van der Waals surface area contributed by atoms with E-state index in [1.807, 2.05) is 0 Å². The van der Waals surface area contributed by atoms with Crippen LogP contribution in [0.3, 0.4) is 0 Å². The smallest absolute Gasteiger partial charge is 0.434 e. The summed E-state index contributed by atoms with van der Waals surface area (Å²) in [4.78, 5) is 15.4. The summed E-state index contributed by atoms with van der Waals surface area (Å²) in [6.07, 6.45) is -12.1. The van der Waals surface area contributed by atoms with Gasteiger partial charge in [0, 0.05) is 12.1 Å². The van der Waals surface area contributed by atoms with Crippen molar-refractivity contribution in [2.24, 2.45) is 4.99 Å². The Balaban J connectivity index is 2.17. The molecule has 0 saturated carbocycles. The zero-order valence-electron chi connectivity index (χ0n) is 14.1. The van der Waals surface area contributed by atoms with Crippen molar-refractivity contribution in [1.82, 2.24) is 10.6 Å². The fourth-order valence-electron chi connectivity index (χ4n) is 2.68. The fourth-order valence-corrected chi connectivity index (χ4v) is 2.68. The Morgan fingerprint density at radius 3 is 2.37 bits per heavy atom. The molecule has 2 N–H and O–H groups in total. The average molecular weight is 397 g/mol. The van der Waals surface area contributed by atoms with E-state index in [4.69, 9.17) is 0 Å². The topological polar surface area (TPSA) is 62.7 Å². The lowest BCUT2D eigenvalue weighted by Crippen LogP contribution is -2.75. The summed E-state index contributed by atoms with van der Waals surface area (Å²) in [5.74, 6) is -0.435. The third kappa shape index (κ3) is 4.34. The van der Waals surface area contributed by atoms with Crippen LogP contribution in [-0.2, 0) is 4.74 Å². The van der Waals surface area contributed by atoms with E-state index < -0.39 is 36.6 Å². The van der Waals surface area contributed by atoms with Crippen LogP contribution in [0.4, 0.5) is 36.8 Å². The number of hydrogen-bond acceptors (Lipinski definition) is 4. The number of carbonyl (C=O) groups is 1. The van der Waals surface area contributed by atoms with Gasteiger partial charge in [-0.1, -0.05) is 18.2 Å². The second kappa shape index (κ2) is 7.75. The minimum atomic E-state index is -5.85. The number of para-hydroxylation sites is 1. The third-order valence-electron chi connectivity index (χ3n) is 3.99. The van der Waals surface area contributed by atoms with Crippen LogP contribution in [0.5, 0.6) is 0 Å². The van der Waals surface area contributed by atoms with Crippen LogP contribution in [-0.4, -0.2) is 43.5 Å². The predicted molar refractivity (Wildman–Crippen MR) is 85.0 cm³/mol. The number of carbonyl (C=O) groups excluding carboxylic acids is 1. The first-order chi connectivity index (χ1) is 12.5. The highest BCUT2D eigenvalue weighted by molar-refractivity contribution is 5.80. The van der Waals surface area contributed by atoms with Crippen molar-refractivity contribution >= 4 is 18.0 Å². The highest BCUT2D eigenvalue weighted by Crippen LogP contribution is 2.41. The van der Waals surface area contributed by atoms with Crippen molar-refractivity contribution < 1.29 is 35.9 Å². The van der Waals surface area contributed by atoms with Crippen LogP contribution < -0.4 is 10.6 Å². The molecule has 1 aromatic rings. The third-order valence-corrected chi connectivity index (χ3v) is 3.99. The molecule has 0 spiro atoms. The number of amides is 1. The minimum Gasteiger partial charge on any atom is -0.450 e. The maximum absolute atomic E-state index is 13.3. The molecule has 0 aliphatic carbocycles. The van der Waals surface area contributed by atoms with E-state index >= 15 is 0 Å². The zero-order chi connectivity index (χ0) is 20.3. The number of halogens is 6. The first kappa shape index (κ1) is 21.0. The van der Waals surface area contributed by atoms with Gasteiger partial charge in [-0.05, 0) is 31.5 Å². The molecule has 0 fully saturated rings. The molecule has 1 unspecified atom stereocenters. The van der Waals surface area contributed by atoms with E-state index in [0.29, 0.717) is 11.3 Å². The van der Waals surface area contributed by atoms with Crippen molar-refractivity contribution in [3.05, 3.63) is 29.8 Å². The molecule has 1 amide bonds. The van der Waals surface area contributed by atoms with Gasteiger partial charge in [-0.2, -0.15) is 26.3 Å². The summed E-state index contributed by atoms with van der Waals surface area (Å²) in [7, 11) is 0. The standard InChI is InChI=1S/C16H17F6N3O2/c1-2-27-13(26)25-14(15(17,18)19,16(20,21)22)24-8-7-10-9-23-12-6-4-3-5-11(10)12/h3-6,9-10,24H,2,7-8H2,1H3,(H,25,26). The van der Waals surface area contributed by atoms with Gasteiger partial charge in [0.1, 0.15) is 0 Å². The monoisotopic (exact) mass is 397 g/mol. The lowest BCUT2D eigenvalue weighted by atomic mass is 9.97. The number of nitrogens with one attached hydrogen (secondary N) is 2. The van der Waals surface area contributed by atoms with Gasteiger partial charge in [-0.3, -0.25) is 15.6 Å². The van der Waals surface area contributed by atoms with Crippen LogP contribution in [0.2, 0.25) is 0 Å². The van der Waals surface area contributed by atoms with E-state index in [2.05, 4.69) is 9.73 Å². The van der Waals surface area contributed by atoms with Gasteiger partial charge in [0.15, 0.2) is 0 Å². The van der Waals surface area contributed by atoms with E-state index in [-0.39, 0.29) is 13.0 Å². The van der Waals surface area contributed by atoms with E-state index in [9.17, 15) is 31.1 Å². The first-order valence-corrected chi connectivity index (χ1v) is 7.98. The van der Waals surface area contributed by atoms with Gasteiger partial charge in [-0.25, -0.2) is 4.79 Å². The fraction of sp³-hybridized carbons (Fsp3) is 0.500. The van der Waals surface area contributed by atoms with Gasteiger partial charge in [-0.15, -0.1) is 0 Å². The predicted octanol–water partition coefficient (Wildman–Crippen LogP) is 4.03. The first-order valence-electron chi connectivity index (χ1n) is 7.98. The normalized spacial score (nSPS) is 16.9. The molecule has 27 heavy (non-hydrogen) atoms. The zero-order valence-corrected chi connectivity index (χ0v) is 14.1. The Kier molecular flexibility index (Phi) is 6.03. The lowest BCUT2D eigenvalue weighted by molar-refractivity contribution is -0.315. The molecule has 5 nitrogen and oxygen atoms in total. The summed E-state index contributed by atoms with van der Waals surface area (Å²) in [5.41, 5.74) is -3.30. The molecular weight excluding hydrogens is 380 g/mol. The molecule has 1 aliphatic heterocycles. The molecule has 1 atom stereocenters. The van der Waals surface area contributed by atoms with Crippen molar-refractivity contribution in [1.29, 1.82) is 0 Å². The largest absolute Gasteiger partial charge is 0.450 e. The number of hydrogen-bond donors (Lipinski definition) is 2. The SMILES string of the molecule is CCOC(=O)NC(NCCC1C=Nc2ccccc21)(C(F)(F)F)C(F)(F)F. The van der Waals surface area contributed by atoms with Gasteiger partial charge in [0.05, 0.1) is 12.3 Å². The Morgan fingerprint density at radius 1 is 1.15 bits per heavy atom. The number of benzene rings is 1. The Morgan fingerprint density at radius 2 is 1.78 bits per heavy atom. The van der Waals surface area contributed by atoms with Crippen molar-refractivity contribution in [3.8, 4) is 0 Å². The van der Waals surface area contributed by atoms with Crippen LogP contribution >= 0.6 is 0 Å². The summed E-state index contributed by atoms with van der Waals surface area (Å²) in [6, 6.07) is 6.81. The van der Waals surface area contributed by atoms with E-state index in [1.54, 1.807) is 24.3 Å². The van der Waals surface area contributed by atoms with E-state index in [0.717, 1.165) is 5.32 Å². The molecule has 11 heteroatoms. The molecule has 2 rings (SSSR count). The lowest BCUT2D eigenvalue weighted by Gasteiger charge is -2.38.